The van der Waals surface area contributed by atoms with Crippen LogP contribution in [0.5, 0.6) is 0 Å². The second-order valence-electron chi connectivity index (χ2n) is 5.76. The van der Waals surface area contributed by atoms with Crippen molar-refractivity contribution in [2.75, 3.05) is 0 Å². The Morgan fingerprint density at radius 1 is 1.15 bits per heavy atom. The predicted octanol–water partition coefficient (Wildman–Crippen LogP) is 2.57. The van der Waals surface area contributed by atoms with Gasteiger partial charge in [0.1, 0.15) is 6.54 Å². The van der Waals surface area contributed by atoms with Crippen LogP contribution in [0.1, 0.15) is 5.56 Å². The SMILES string of the molecule is O=C(Cn1c(=O)oc2ccccc21)NCc1ccc(-c2ccoc2)nc1. The number of nitrogens with one attached hydrogen (secondary N) is 1. The van der Waals surface area contributed by atoms with Gasteiger partial charge in [0, 0.05) is 18.3 Å². The standard InChI is InChI=1S/C19H15N3O4/c23-18(11-22-16-3-1-2-4-17(16)26-19(22)24)21-10-13-5-6-15(20-9-13)14-7-8-25-12-14/h1-9,12H,10-11H2,(H,21,23). The Hall–Kier alpha value is -3.61. The number of para-hydroxylation sites is 2. The van der Waals surface area contributed by atoms with E-state index in [9.17, 15) is 9.59 Å². The normalized spacial score (nSPS) is 10.9. The molecule has 0 fully saturated rings. The van der Waals surface area contributed by atoms with E-state index in [0.717, 1.165) is 16.8 Å². The summed E-state index contributed by atoms with van der Waals surface area (Å²) in [5.74, 6) is -0.829. The number of aromatic nitrogens is 2. The fourth-order valence-electron chi connectivity index (χ4n) is 2.67. The monoisotopic (exact) mass is 349 g/mol. The maximum Gasteiger partial charge on any atom is 0.420 e. The van der Waals surface area contributed by atoms with Crippen LogP contribution in [-0.4, -0.2) is 15.5 Å². The first-order chi connectivity index (χ1) is 12.7. The summed E-state index contributed by atoms with van der Waals surface area (Å²) in [4.78, 5) is 28.4. The van der Waals surface area contributed by atoms with Crippen LogP contribution < -0.4 is 11.1 Å². The summed E-state index contributed by atoms with van der Waals surface area (Å²) < 4.78 is 11.5. The molecular weight excluding hydrogens is 334 g/mol. The van der Waals surface area contributed by atoms with E-state index in [2.05, 4.69) is 10.3 Å². The first-order valence-corrected chi connectivity index (χ1v) is 8.03. The van der Waals surface area contributed by atoms with E-state index in [0.29, 0.717) is 17.6 Å². The Kier molecular flexibility index (Phi) is 4.10. The van der Waals surface area contributed by atoms with Crippen molar-refractivity contribution in [3.05, 3.63) is 77.3 Å². The first kappa shape index (κ1) is 15.9. The molecule has 0 aliphatic heterocycles. The molecule has 4 rings (SSSR count). The van der Waals surface area contributed by atoms with Crippen molar-refractivity contribution < 1.29 is 13.6 Å². The number of hydrogen-bond acceptors (Lipinski definition) is 5. The highest BCUT2D eigenvalue weighted by molar-refractivity contribution is 5.79. The molecule has 0 aliphatic rings. The number of hydrogen-bond donors (Lipinski definition) is 1. The van der Waals surface area contributed by atoms with Gasteiger partial charge in [0.25, 0.3) is 0 Å². The van der Waals surface area contributed by atoms with Crippen molar-refractivity contribution in [1.29, 1.82) is 0 Å². The number of carbonyl (C=O) groups is 1. The van der Waals surface area contributed by atoms with E-state index >= 15 is 0 Å². The van der Waals surface area contributed by atoms with E-state index < -0.39 is 5.76 Å². The fourth-order valence-corrected chi connectivity index (χ4v) is 2.67. The summed E-state index contributed by atoms with van der Waals surface area (Å²) in [6.07, 6.45) is 4.91. The van der Waals surface area contributed by atoms with Gasteiger partial charge in [-0.1, -0.05) is 18.2 Å². The van der Waals surface area contributed by atoms with E-state index in [-0.39, 0.29) is 12.5 Å². The highest BCUT2D eigenvalue weighted by atomic mass is 16.4. The van der Waals surface area contributed by atoms with Gasteiger partial charge < -0.3 is 14.2 Å². The molecule has 1 N–H and O–H groups in total. The first-order valence-electron chi connectivity index (χ1n) is 8.03. The van der Waals surface area contributed by atoms with Crippen LogP contribution in [0.4, 0.5) is 0 Å². The number of benzene rings is 1. The lowest BCUT2D eigenvalue weighted by Gasteiger charge is -2.06. The zero-order valence-electron chi connectivity index (χ0n) is 13.7. The fraction of sp³-hybridized carbons (Fsp3) is 0.105. The van der Waals surface area contributed by atoms with Gasteiger partial charge in [-0.15, -0.1) is 0 Å². The predicted molar refractivity (Wildman–Crippen MR) is 94.3 cm³/mol. The molecule has 0 unspecified atom stereocenters. The topological polar surface area (TPSA) is 90.3 Å². The minimum absolute atomic E-state index is 0.101. The molecule has 26 heavy (non-hydrogen) atoms. The molecule has 3 aromatic heterocycles. The van der Waals surface area contributed by atoms with Gasteiger partial charge >= 0.3 is 5.76 Å². The minimum Gasteiger partial charge on any atom is -0.472 e. The highest BCUT2D eigenvalue weighted by Gasteiger charge is 2.12. The van der Waals surface area contributed by atoms with Crippen molar-refractivity contribution in [3.8, 4) is 11.3 Å². The van der Waals surface area contributed by atoms with E-state index in [1.165, 1.54) is 4.57 Å². The number of amides is 1. The van der Waals surface area contributed by atoms with Crippen molar-refractivity contribution in [1.82, 2.24) is 14.9 Å². The molecule has 7 nitrogen and oxygen atoms in total. The molecule has 7 heteroatoms. The molecule has 4 aromatic rings. The zero-order chi connectivity index (χ0) is 17.9. The third-order valence-electron chi connectivity index (χ3n) is 4.01. The Morgan fingerprint density at radius 2 is 2.04 bits per heavy atom. The molecule has 0 atom stereocenters. The molecule has 1 amide bonds. The third kappa shape index (κ3) is 3.14. The van der Waals surface area contributed by atoms with Crippen LogP contribution in [0, 0.1) is 0 Å². The number of pyridine rings is 1. The number of oxazole rings is 1. The quantitative estimate of drug-likeness (QED) is 0.598. The van der Waals surface area contributed by atoms with Gasteiger partial charge in [-0.3, -0.25) is 14.3 Å². The average Bonchev–Trinajstić information content (AvgIpc) is 3.29. The molecule has 3 heterocycles. The lowest BCUT2D eigenvalue weighted by atomic mass is 10.2. The number of carbonyl (C=O) groups excluding carboxylic acids is 1. The highest BCUT2D eigenvalue weighted by Crippen LogP contribution is 2.17. The summed E-state index contributed by atoms with van der Waals surface area (Å²) in [5.41, 5.74) is 3.61. The summed E-state index contributed by atoms with van der Waals surface area (Å²) in [7, 11) is 0. The van der Waals surface area contributed by atoms with E-state index in [1.54, 1.807) is 43.0 Å². The van der Waals surface area contributed by atoms with Gasteiger partial charge in [-0.25, -0.2) is 4.79 Å². The zero-order valence-corrected chi connectivity index (χ0v) is 13.7. The van der Waals surface area contributed by atoms with Crippen molar-refractivity contribution >= 4 is 17.0 Å². The van der Waals surface area contributed by atoms with Gasteiger partial charge in [0.15, 0.2) is 5.58 Å². The average molecular weight is 349 g/mol. The number of rotatable bonds is 5. The van der Waals surface area contributed by atoms with E-state index in [4.69, 9.17) is 8.83 Å². The molecule has 1 aromatic carbocycles. The molecule has 0 bridgehead atoms. The Bertz CT molecular complexity index is 1090. The minimum atomic E-state index is -0.549. The van der Waals surface area contributed by atoms with Crippen LogP contribution in [0.25, 0.3) is 22.4 Å². The van der Waals surface area contributed by atoms with Crippen LogP contribution in [0.15, 0.2) is 74.8 Å². The molecule has 0 saturated carbocycles. The molecular formula is C19H15N3O4. The van der Waals surface area contributed by atoms with Crippen LogP contribution in [0.2, 0.25) is 0 Å². The summed E-state index contributed by atoms with van der Waals surface area (Å²) in [5, 5.41) is 2.78. The molecule has 0 aliphatic carbocycles. The summed E-state index contributed by atoms with van der Waals surface area (Å²) in [6, 6.07) is 12.6. The van der Waals surface area contributed by atoms with Crippen molar-refractivity contribution in [2.45, 2.75) is 13.1 Å². The lowest BCUT2D eigenvalue weighted by Crippen LogP contribution is -2.30. The van der Waals surface area contributed by atoms with Gasteiger partial charge in [-0.2, -0.15) is 0 Å². The third-order valence-corrected chi connectivity index (χ3v) is 4.01. The second-order valence-corrected chi connectivity index (χ2v) is 5.76. The Labute approximate surface area is 147 Å². The van der Waals surface area contributed by atoms with E-state index in [1.807, 2.05) is 18.2 Å². The number of nitrogens with zero attached hydrogens (tertiary/aromatic N) is 2. The van der Waals surface area contributed by atoms with Crippen LogP contribution in [-0.2, 0) is 17.9 Å². The Balaban J connectivity index is 1.41. The van der Waals surface area contributed by atoms with Crippen LogP contribution in [0.3, 0.4) is 0 Å². The van der Waals surface area contributed by atoms with Crippen molar-refractivity contribution in [2.24, 2.45) is 0 Å². The largest absolute Gasteiger partial charge is 0.472 e. The molecule has 0 spiro atoms. The molecule has 130 valence electrons. The van der Waals surface area contributed by atoms with Gasteiger partial charge in [-0.05, 0) is 29.8 Å². The summed E-state index contributed by atoms with van der Waals surface area (Å²) in [6.45, 7) is 0.221. The van der Waals surface area contributed by atoms with Gasteiger partial charge in [0.05, 0.1) is 23.7 Å². The maximum absolute atomic E-state index is 12.2. The maximum atomic E-state index is 12.2. The number of furan rings is 1. The number of fused-ring (bicyclic) bond motifs is 1. The Morgan fingerprint density at radius 3 is 2.81 bits per heavy atom. The smallest absolute Gasteiger partial charge is 0.420 e. The summed E-state index contributed by atoms with van der Waals surface area (Å²) >= 11 is 0. The van der Waals surface area contributed by atoms with Crippen LogP contribution >= 0.6 is 0 Å². The van der Waals surface area contributed by atoms with Crippen molar-refractivity contribution in [3.63, 3.8) is 0 Å². The van der Waals surface area contributed by atoms with Gasteiger partial charge in [0.2, 0.25) is 5.91 Å². The lowest BCUT2D eigenvalue weighted by molar-refractivity contribution is -0.121. The molecule has 0 radical (unpaired) electrons. The second kappa shape index (κ2) is 6.72. The molecule has 0 saturated heterocycles.